The molecule has 0 saturated carbocycles. The zero-order valence-electron chi connectivity index (χ0n) is 15.1. The third-order valence-corrected chi connectivity index (χ3v) is 4.70. The summed E-state index contributed by atoms with van der Waals surface area (Å²) in [6.07, 6.45) is 4.70. The monoisotopic (exact) mass is 342 g/mol. The molecule has 2 N–H and O–H groups in total. The lowest BCUT2D eigenvalue weighted by Crippen LogP contribution is -2.38. The predicted molar refractivity (Wildman–Crippen MR) is 96.3 cm³/mol. The molecule has 2 atom stereocenters. The van der Waals surface area contributed by atoms with Gasteiger partial charge in [-0.3, -0.25) is 4.68 Å². The van der Waals surface area contributed by atoms with Crippen LogP contribution in [0.1, 0.15) is 35.2 Å². The van der Waals surface area contributed by atoms with E-state index < -0.39 is 0 Å². The molecule has 2 amide bonds. The number of rotatable bonds is 6. The zero-order chi connectivity index (χ0) is 17.8. The summed E-state index contributed by atoms with van der Waals surface area (Å²) in [5, 5.41) is 10.3. The predicted octanol–water partition coefficient (Wildman–Crippen LogP) is 2.57. The molecular weight excluding hydrogens is 316 g/mol. The average molecular weight is 342 g/mol. The molecule has 0 aliphatic heterocycles. The van der Waals surface area contributed by atoms with Gasteiger partial charge >= 0.3 is 6.03 Å². The molecule has 1 aliphatic carbocycles. The Bertz CT molecular complexity index is 741. The van der Waals surface area contributed by atoms with Gasteiger partial charge in [-0.15, -0.1) is 0 Å². The molecule has 1 heterocycles. The number of hydrogen-bond acceptors (Lipinski definition) is 3. The number of hydrogen-bond donors (Lipinski definition) is 2. The summed E-state index contributed by atoms with van der Waals surface area (Å²) >= 11 is 0. The summed E-state index contributed by atoms with van der Waals surface area (Å²) in [5.74, 6) is 0.402. The van der Waals surface area contributed by atoms with Crippen LogP contribution in [0.2, 0.25) is 0 Å². The van der Waals surface area contributed by atoms with Crippen LogP contribution in [0.25, 0.3) is 0 Å². The van der Waals surface area contributed by atoms with Gasteiger partial charge in [-0.2, -0.15) is 5.10 Å². The SMILES string of the molecule is COCCn1cc(CNC(=O)N[C@H]2c3cc(C)ccc3C[C@H]2C)cn1. The van der Waals surface area contributed by atoms with Crippen molar-refractivity contribution in [3.63, 3.8) is 0 Å². The summed E-state index contributed by atoms with van der Waals surface area (Å²) in [4.78, 5) is 12.3. The van der Waals surface area contributed by atoms with Crippen LogP contribution in [0.4, 0.5) is 4.79 Å². The smallest absolute Gasteiger partial charge is 0.315 e. The summed E-state index contributed by atoms with van der Waals surface area (Å²) in [6, 6.07) is 6.42. The quantitative estimate of drug-likeness (QED) is 0.848. The van der Waals surface area contributed by atoms with Crippen LogP contribution in [0.3, 0.4) is 0 Å². The summed E-state index contributed by atoms with van der Waals surface area (Å²) < 4.78 is 6.85. The van der Waals surface area contributed by atoms with Gasteiger partial charge < -0.3 is 15.4 Å². The number of benzene rings is 1. The van der Waals surface area contributed by atoms with Gasteiger partial charge in [0.2, 0.25) is 0 Å². The van der Waals surface area contributed by atoms with Gasteiger partial charge in [0.25, 0.3) is 0 Å². The van der Waals surface area contributed by atoms with E-state index in [1.54, 1.807) is 13.3 Å². The number of ether oxygens (including phenoxy) is 1. The minimum Gasteiger partial charge on any atom is -0.383 e. The van der Waals surface area contributed by atoms with Gasteiger partial charge in [0.05, 0.1) is 25.4 Å². The molecule has 1 aliphatic rings. The number of aromatic nitrogens is 2. The standard InChI is InChI=1S/C19H26N4O2/c1-13-4-5-16-9-14(2)18(17(16)8-13)22-19(24)20-10-15-11-21-23(12-15)6-7-25-3/h4-5,8,11-12,14,18H,6-7,9-10H2,1-3H3,(H2,20,22,24)/t14-,18-/m1/s1. The first-order valence-corrected chi connectivity index (χ1v) is 8.71. The van der Waals surface area contributed by atoms with Crippen molar-refractivity contribution >= 4 is 6.03 Å². The molecule has 0 fully saturated rings. The fourth-order valence-electron chi connectivity index (χ4n) is 3.36. The first-order chi connectivity index (χ1) is 12.1. The minimum atomic E-state index is -0.143. The molecule has 0 spiro atoms. The number of urea groups is 1. The van der Waals surface area contributed by atoms with Gasteiger partial charge in [-0.25, -0.2) is 4.79 Å². The van der Waals surface area contributed by atoms with Crippen molar-refractivity contribution in [1.82, 2.24) is 20.4 Å². The number of nitrogens with one attached hydrogen (secondary N) is 2. The van der Waals surface area contributed by atoms with Crippen LogP contribution in [0.15, 0.2) is 30.6 Å². The van der Waals surface area contributed by atoms with Gasteiger partial charge in [0, 0.05) is 25.4 Å². The van der Waals surface area contributed by atoms with Crippen molar-refractivity contribution < 1.29 is 9.53 Å². The van der Waals surface area contributed by atoms with Crippen LogP contribution in [-0.2, 0) is 24.2 Å². The Kier molecular flexibility index (Phi) is 5.38. The highest BCUT2D eigenvalue weighted by atomic mass is 16.5. The second kappa shape index (κ2) is 7.70. The Morgan fingerprint density at radius 3 is 3.08 bits per heavy atom. The second-order valence-corrected chi connectivity index (χ2v) is 6.79. The van der Waals surface area contributed by atoms with E-state index in [0.29, 0.717) is 25.6 Å². The normalized spacial score (nSPS) is 18.8. The highest BCUT2D eigenvalue weighted by Gasteiger charge is 2.30. The number of fused-ring (bicyclic) bond motifs is 1. The number of nitrogens with zero attached hydrogens (tertiary/aromatic N) is 2. The van der Waals surface area contributed by atoms with Crippen molar-refractivity contribution in [2.24, 2.45) is 5.92 Å². The largest absolute Gasteiger partial charge is 0.383 e. The lowest BCUT2D eigenvalue weighted by atomic mass is 10.0. The molecule has 25 heavy (non-hydrogen) atoms. The molecule has 134 valence electrons. The van der Waals surface area contributed by atoms with Crippen molar-refractivity contribution in [2.75, 3.05) is 13.7 Å². The molecule has 1 aromatic carbocycles. The first-order valence-electron chi connectivity index (χ1n) is 8.71. The summed E-state index contributed by atoms with van der Waals surface area (Å²) in [6.45, 7) is 6.05. The summed E-state index contributed by atoms with van der Waals surface area (Å²) in [7, 11) is 1.67. The molecule has 0 saturated heterocycles. The third kappa shape index (κ3) is 4.20. The van der Waals surface area contributed by atoms with Crippen LogP contribution < -0.4 is 10.6 Å². The van der Waals surface area contributed by atoms with E-state index in [4.69, 9.17) is 4.74 Å². The van der Waals surface area contributed by atoms with E-state index in [-0.39, 0.29) is 12.1 Å². The summed E-state index contributed by atoms with van der Waals surface area (Å²) in [5.41, 5.74) is 4.78. The number of methoxy groups -OCH3 is 1. The molecule has 2 aromatic rings. The van der Waals surface area contributed by atoms with Gasteiger partial charge in [0.1, 0.15) is 0 Å². The molecule has 0 unspecified atom stereocenters. The van der Waals surface area contributed by atoms with Crippen molar-refractivity contribution in [3.8, 4) is 0 Å². The molecule has 6 nitrogen and oxygen atoms in total. The first kappa shape index (κ1) is 17.5. The van der Waals surface area contributed by atoms with Crippen LogP contribution >= 0.6 is 0 Å². The number of aryl methyl sites for hydroxylation is 1. The lowest BCUT2D eigenvalue weighted by molar-refractivity contribution is 0.183. The Hall–Kier alpha value is -2.34. The topological polar surface area (TPSA) is 68.2 Å². The van der Waals surface area contributed by atoms with Crippen molar-refractivity contribution in [3.05, 3.63) is 52.8 Å². The van der Waals surface area contributed by atoms with E-state index in [9.17, 15) is 4.79 Å². The van der Waals surface area contributed by atoms with E-state index >= 15 is 0 Å². The highest BCUT2D eigenvalue weighted by Crippen LogP contribution is 2.36. The Morgan fingerprint density at radius 2 is 2.28 bits per heavy atom. The minimum absolute atomic E-state index is 0.0688. The van der Waals surface area contributed by atoms with Gasteiger partial charge in [0.15, 0.2) is 0 Å². The van der Waals surface area contributed by atoms with E-state index in [0.717, 1.165) is 12.0 Å². The van der Waals surface area contributed by atoms with E-state index in [1.165, 1.54) is 16.7 Å². The molecular formula is C19H26N4O2. The second-order valence-electron chi connectivity index (χ2n) is 6.79. The van der Waals surface area contributed by atoms with Gasteiger partial charge in [-0.1, -0.05) is 30.7 Å². The maximum Gasteiger partial charge on any atom is 0.315 e. The molecule has 6 heteroatoms. The molecule has 1 aromatic heterocycles. The molecule has 0 radical (unpaired) electrons. The fourth-order valence-corrected chi connectivity index (χ4v) is 3.36. The van der Waals surface area contributed by atoms with Gasteiger partial charge in [-0.05, 0) is 30.4 Å². The molecule has 0 bridgehead atoms. The lowest BCUT2D eigenvalue weighted by Gasteiger charge is -2.19. The number of amides is 2. The maximum absolute atomic E-state index is 12.3. The van der Waals surface area contributed by atoms with Crippen molar-refractivity contribution in [2.45, 2.75) is 39.4 Å². The Morgan fingerprint density at radius 1 is 1.44 bits per heavy atom. The van der Waals surface area contributed by atoms with Crippen LogP contribution in [-0.4, -0.2) is 29.5 Å². The van der Waals surface area contributed by atoms with Crippen LogP contribution in [0, 0.1) is 12.8 Å². The van der Waals surface area contributed by atoms with E-state index in [1.807, 2.05) is 10.9 Å². The average Bonchev–Trinajstić information content (AvgIpc) is 3.16. The maximum atomic E-state index is 12.3. The molecule has 3 rings (SSSR count). The van der Waals surface area contributed by atoms with E-state index in [2.05, 4.69) is 47.8 Å². The van der Waals surface area contributed by atoms with Crippen LogP contribution in [0.5, 0.6) is 0 Å². The number of carbonyl (C=O) groups excluding carboxylic acids is 1. The highest BCUT2D eigenvalue weighted by molar-refractivity contribution is 5.74. The zero-order valence-corrected chi connectivity index (χ0v) is 15.1. The number of carbonyl (C=O) groups is 1. The Labute approximate surface area is 148 Å². The third-order valence-electron chi connectivity index (χ3n) is 4.70. The fraction of sp³-hybridized carbons (Fsp3) is 0.474. The Balaban J connectivity index is 1.55. The van der Waals surface area contributed by atoms with Crippen molar-refractivity contribution in [1.29, 1.82) is 0 Å².